The first kappa shape index (κ1) is 7.46. The van der Waals surface area contributed by atoms with Crippen molar-refractivity contribution < 1.29 is 0 Å². The van der Waals surface area contributed by atoms with Crippen LogP contribution in [0.3, 0.4) is 0 Å². The first-order valence-corrected chi connectivity index (χ1v) is 2.47. The topological polar surface area (TPSA) is 47.6 Å². The van der Waals surface area contributed by atoms with Crippen LogP contribution in [0.2, 0.25) is 0 Å². The Labute approximate surface area is 54.3 Å². The number of hydrogen-bond donors (Lipinski definition) is 0. The van der Waals surface area contributed by atoms with E-state index in [1.165, 1.54) is 12.2 Å². The molecule has 0 saturated heterocycles. The van der Waals surface area contributed by atoms with E-state index in [1.807, 2.05) is 6.07 Å². The first-order chi connectivity index (χ1) is 4.35. The summed E-state index contributed by atoms with van der Waals surface area (Å²) in [5, 5.41) is 16.3. The molecular formula is C7H6N2. The molecule has 0 fully saturated rings. The van der Waals surface area contributed by atoms with Gasteiger partial charge in [0.15, 0.2) is 0 Å². The number of rotatable bonds is 1. The molecule has 0 aromatic heterocycles. The zero-order chi connectivity index (χ0) is 7.11. The Balaban J connectivity index is 4.10. The fourth-order valence-electron chi connectivity index (χ4n) is 0.325. The Morgan fingerprint density at radius 2 is 2.11 bits per heavy atom. The molecule has 2 nitrogen and oxygen atoms in total. The molecule has 0 amide bonds. The maximum absolute atomic E-state index is 8.27. The summed E-state index contributed by atoms with van der Waals surface area (Å²) < 4.78 is 0. The van der Waals surface area contributed by atoms with Gasteiger partial charge in [-0.05, 0) is 13.0 Å². The number of nitrogens with zero attached hydrogens (tertiary/aromatic N) is 2. The van der Waals surface area contributed by atoms with Crippen molar-refractivity contribution >= 4 is 0 Å². The van der Waals surface area contributed by atoms with E-state index in [9.17, 15) is 0 Å². The van der Waals surface area contributed by atoms with Crippen molar-refractivity contribution in [3.63, 3.8) is 0 Å². The van der Waals surface area contributed by atoms with E-state index in [-0.39, 0.29) is 0 Å². The van der Waals surface area contributed by atoms with Crippen LogP contribution in [-0.4, -0.2) is 0 Å². The van der Waals surface area contributed by atoms with Gasteiger partial charge in [-0.3, -0.25) is 0 Å². The van der Waals surface area contributed by atoms with E-state index in [0.717, 1.165) is 0 Å². The van der Waals surface area contributed by atoms with Crippen molar-refractivity contribution in [2.24, 2.45) is 0 Å². The van der Waals surface area contributed by atoms with Crippen molar-refractivity contribution in [2.75, 3.05) is 0 Å². The lowest BCUT2D eigenvalue weighted by Gasteiger charge is -1.77. The van der Waals surface area contributed by atoms with Gasteiger partial charge in [-0.15, -0.1) is 0 Å². The summed E-state index contributed by atoms with van der Waals surface area (Å²) >= 11 is 0. The molecule has 0 rings (SSSR count). The third kappa shape index (κ3) is 3.08. The number of nitriles is 2. The van der Waals surface area contributed by atoms with Crippen LogP contribution in [0, 0.1) is 22.7 Å². The molecule has 0 aromatic carbocycles. The van der Waals surface area contributed by atoms with Crippen LogP contribution in [0.5, 0.6) is 0 Å². The number of hydrogen-bond acceptors (Lipinski definition) is 2. The minimum Gasteiger partial charge on any atom is -0.193 e. The highest BCUT2D eigenvalue weighted by Gasteiger charge is 1.80. The van der Waals surface area contributed by atoms with E-state index in [0.29, 0.717) is 5.57 Å². The third-order valence-corrected chi connectivity index (χ3v) is 0.778. The molecule has 0 aromatic rings. The Bertz CT molecular complexity index is 210. The van der Waals surface area contributed by atoms with Crippen LogP contribution in [0.15, 0.2) is 23.8 Å². The molecule has 2 heteroatoms. The van der Waals surface area contributed by atoms with Gasteiger partial charge in [0.05, 0.1) is 12.1 Å². The van der Waals surface area contributed by atoms with Gasteiger partial charge in [-0.1, -0.05) is 6.08 Å². The van der Waals surface area contributed by atoms with E-state index in [2.05, 4.69) is 0 Å². The summed E-state index contributed by atoms with van der Waals surface area (Å²) in [7, 11) is 0. The average molecular weight is 118 g/mol. The van der Waals surface area contributed by atoms with Crippen LogP contribution >= 0.6 is 0 Å². The standard InChI is InChI=1S/C7H6N2/c1-2-7(6-9)4-3-5-8/h2-4H,1H3/b4-3+,7-2-. The second kappa shape index (κ2) is 4.61. The molecule has 0 spiro atoms. The predicted molar refractivity (Wildman–Crippen MR) is 34.1 cm³/mol. The maximum Gasteiger partial charge on any atom is 0.0988 e. The molecule has 0 heterocycles. The average Bonchev–Trinajstić information content (AvgIpc) is 1.91. The van der Waals surface area contributed by atoms with Gasteiger partial charge in [-0.2, -0.15) is 10.5 Å². The summed E-state index contributed by atoms with van der Waals surface area (Å²) in [6.45, 7) is 1.75. The molecule has 44 valence electrons. The summed E-state index contributed by atoms with van der Waals surface area (Å²) in [6, 6.07) is 3.70. The van der Waals surface area contributed by atoms with Gasteiger partial charge in [0.25, 0.3) is 0 Å². The number of allylic oxidation sites excluding steroid dienone is 4. The minimum atomic E-state index is 0.511. The van der Waals surface area contributed by atoms with Crippen molar-refractivity contribution in [1.29, 1.82) is 10.5 Å². The van der Waals surface area contributed by atoms with Crippen LogP contribution in [-0.2, 0) is 0 Å². The summed E-state index contributed by atoms with van der Waals surface area (Å²) in [5.74, 6) is 0. The molecule has 0 N–H and O–H groups in total. The predicted octanol–water partition coefficient (Wildman–Crippen LogP) is 1.54. The van der Waals surface area contributed by atoms with Crippen molar-refractivity contribution in [3.8, 4) is 12.1 Å². The molecular weight excluding hydrogens is 112 g/mol. The Kier molecular flexibility index (Phi) is 3.83. The SMILES string of the molecule is C/C=C(C#N)/C=C/C#N. The lowest BCUT2D eigenvalue weighted by Crippen LogP contribution is -1.66. The lowest BCUT2D eigenvalue weighted by molar-refractivity contribution is 1.48. The summed E-state index contributed by atoms with van der Waals surface area (Å²) in [4.78, 5) is 0. The monoisotopic (exact) mass is 118 g/mol. The molecule has 0 atom stereocenters. The van der Waals surface area contributed by atoms with E-state index in [4.69, 9.17) is 10.5 Å². The molecule has 0 aliphatic carbocycles. The lowest BCUT2D eigenvalue weighted by atomic mass is 10.2. The molecule has 0 saturated carbocycles. The normalized spacial score (nSPS) is 10.8. The highest BCUT2D eigenvalue weighted by atomic mass is 14.2. The zero-order valence-corrected chi connectivity index (χ0v) is 5.13. The molecule has 9 heavy (non-hydrogen) atoms. The van der Waals surface area contributed by atoms with Gasteiger partial charge >= 0.3 is 0 Å². The quantitative estimate of drug-likeness (QED) is 0.387. The van der Waals surface area contributed by atoms with Crippen LogP contribution in [0.25, 0.3) is 0 Å². The van der Waals surface area contributed by atoms with E-state index >= 15 is 0 Å². The molecule has 0 aliphatic heterocycles. The van der Waals surface area contributed by atoms with Gasteiger partial charge in [0.1, 0.15) is 0 Å². The van der Waals surface area contributed by atoms with Gasteiger partial charge in [0, 0.05) is 11.6 Å². The largest absolute Gasteiger partial charge is 0.193 e. The highest BCUT2D eigenvalue weighted by Crippen LogP contribution is 1.91. The molecule has 0 radical (unpaired) electrons. The van der Waals surface area contributed by atoms with Crippen LogP contribution < -0.4 is 0 Å². The minimum absolute atomic E-state index is 0.511. The molecule has 0 unspecified atom stereocenters. The Morgan fingerprint density at radius 3 is 2.44 bits per heavy atom. The summed E-state index contributed by atoms with van der Waals surface area (Å²) in [5.41, 5.74) is 0.511. The Hall–Kier alpha value is -1.54. The molecule has 0 bridgehead atoms. The highest BCUT2D eigenvalue weighted by molar-refractivity contribution is 5.34. The van der Waals surface area contributed by atoms with Crippen molar-refractivity contribution in [2.45, 2.75) is 6.92 Å². The zero-order valence-electron chi connectivity index (χ0n) is 5.13. The maximum atomic E-state index is 8.27. The third-order valence-electron chi connectivity index (χ3n) is 0.778. The fraction of sp³-hybridized carbons (Fsp3) is 0.143. The smallest absolute Gasteiger partial charge is 0.0988 e. The van der Waals surface area contributed by atoms with Gasteiger partial charge in [0.2, 0.25) is 0 Å². The second-order valence-electron chi connectivity index (χ2n) is 1.32. The summed E-state index contributed by atoms with van der Waals surface area (Å²) in [6.07, 6.45) is 4.40. The van der Waals surface area contributed by atoms with Crippen LogP contribution in [0.1, 0.15) is 6.92 Å². The van der Waals surface area contributed by atoms with E-state index < -0.39 is 0 Å². The van der Waals surface area contributed by atoms with Gasteiger partial charge in [-0.25, -0.2) is 0 Å². The van der Waals surface area contributed by atoms with Crippen molar-refractivity contribution in [1.82, 2.24) is 0 Å². The van der Waals surface area contributed by atoms with Crippen LogP contribution in [0.4, 0.5) is 0 Å². The molecule has 0 aliphatic rings. The second-order valence-corrected chi connectivity index (χ2v) is 1.32. The first-order valence-electron chi connectivity index (χ1n) is 2.47. The fourth-order valence-corrected chi connectivity index (χ4v) is 0.325. The van der Waals surface area contributed by atoms with E-state index in [1.54, 1.807) is 19.1 Å². The van der Waals surface area contributed by atoms with Gasteiger partial charge < -0.3 is 0 Å². The van der Waals surface area contributed by atoms with Crippen molar-refractivity contribution in [3.05, 3.63) is 23.8 Å². The Morgan fingerprint density at radius 1 is 1.44 bits per heavy atom.